The minimum atomic E-state index is -0.351. The zero-order valence-corrected chi connectivity index (χ0v) is 14.6. The quantitative estimate of drug-likeness (QED) is 0.812. The molecule has 0 spiro atoms. The predicted octanol–water partition coefficient (Wildman–Crippen LogP) is 3.14. The van der Waals surface area contributed by atoms with E-state index in [1.54, 1.807) is 25.0 Å². The number of para-hydroxylation sites is 1. The highest BCUT2D eigenvalue weighted by atomic mass is 32.2. The molecule has 23 heavy (non-hydrogen) atoms. The van der Waals surface area contributed by atoms with Crippen LogP contribution in [0.1, 0.15) is 26.3 Å². The summed E-state index contributed by atoms with van der Waals surface area (Å²) in [7, 11) is 1.94. The van der Waals surface area contributed by atoms with Gasteiger partial charge in [0.1, 0.15) is 6.33 Å². The van der Waals surface area contributed by atoms with E-state index in [9.17, 15) is 4.79 Å². The van der Waals surface area contributed by atoms with Crippen molar-refractivity contribution in [3.8, 4) is 0 Å². The van der Waals surface area contributed by atoms with Crippen LogP contribution in [0.2, 0.25) is 0 Å². The summed E-state index contributed by atoms with van der Waals surface area (Å²) in [5.74, 6) is 0.845. The smallest absolute Gasteiger partial charge is 0.224 e. The van der Waals surface area contributed by atoms with Gasteiger partial charge in [0.2, 0.25) is 5.91 Å². The molecular formula is C17H20N4OS. The molecule has 1 aliphatic heterocycles. The van der Waals surface area contributed by atoms with Crippen molar-refractivity contribution in [2.75, 3.05) is 10.7 Å². The minimum Gasteiger partial charge on any atom is -0.312 e. The summed E-state index contributed by atoms with van der Waals surface area (Å²) < 4.78 is 1.91. The van der Waals surface area contributed by atoms with Crippen molar-refractivity contribution in [1.82, 2.24) is 14.8 Å². The highest BCUT2D eigenvalue weighted by Gasteiger charge is 2.34. The van der Waals surface area contributed by atoms with E-state index in [1.807, 2.05) is 34.7 Å². The normalized spacial score (nSPS) is 16.0. The number of aromatic nitrogens is 3. The van der Waals surface area contributed by atoms with Gasteiger partial charge in [0, 0.05) is 25.3 Å². The van der Waals surface area contributed by atoms with Gasteiger partial charge in [-0.25, -0.2) is 0 Å². The predicted molar refractivity (Wildman–Crippen MR) is 93.4 cm³/mol. The standard InChI is InChI=1S/C17H20N4OS/c1-12(22)21-15-8-6-5-7-14(15)13(9-17(21,2)3)10-23-16-19-18-11-20(16)4/h5-9,11H,10H2,1-4H3. The van der Waals surface area contributed by atoms with Gasteiger partial charge < -0.3 is 9.47 Å². The van der Waals surface area contributed by atoms with Crippen LogP contribution in [0.4, 0.5) is 5.69 Å². The van der Waals surface area contributed by atoms with Gasteiger partial charge in [-0.15, -0.1) is 10.2 Å². The highest BCUT2D eigenvalue weighted by Crippen LogP contribution is 2.40. The number of hydrogen-bond donors (Lipinski definition) is 0. The summed E-state index contributed by atoms with van der Waals surface area (Å²) in [6.45, 7) is 5.75. The van der Waals surface area contributed by atoms with Crippen LogP contribution in [0, 0.1) is 0 Å². The Morgan fingerprint density at radius 1 is 1.30 bits per heavy atom. The fraction of sp³-hybridized carbons (Fsp3) is 0.353. The maximum Gasteiger partial charge on any atom is 0.224 e. The third-order valence-electron chi connectivity index (χ3n) is 3.94. The van der Waals surface area contributed by atoms with E-state index in [4.69, 9.17) is 0 Å². The van der Waals surface area contributed by atoms with Crippen molar-refractivity contribution in [1.29, 1.82) is 0 Å². The second-order valence-electron chi connectivity index (χ2n) is 6.21. The minimum absolute atomic E-state index is 0.0544. The molecule has 0 fully saturated rings. The number of benzene rings is 1. The maximum atomic E-state index is 12.1. The average molecular weight is 328 g/mol. The van der Waals surface area contributed by atoms with Crippen molar-refractivity contribution < 1.29 is 4.79 Å². The molecule has 5 nitrogen and oxygen atoms in total. The first-order chi connectivity index (χ1) is 10.9. The zero-order chi connectivity index (χ0) is 16.6. The van der Waals surface area contributed by atoms with Crippen LogP contribution in [-0.2, 0) is 11.8 Å². The molecule has 0 atom stereocenters. The van der Waals surface area contributed by atoms with Crippen LogP contribution in [0.3, 0.4) is 0 Å². The molecule has 6 heteroatoms. The molecular weight excluding hydrogens is 308 g/mol. The molecule has 0 saturated carbocycles. The third-order valence-corrected chi connectivity index (χ3v) is 5.02. The highest BCUT2D eigenvalue weighted by molar-refractivity contribution is 7.99. The Labute approximate surface area is 140 Å². The number of rotatable bonds is 3. The number of thioether (sulfide) groups is 1. The Hall–Kier alpha value is -2.08. The molecule has 0 unspecified atom stereocenters. The molecule has 0 bridgehead atoms. The van der Waals surface area contributed by atoms with Crippen LogP contribution in [-0.4, -0.2) is 32.0 Å². The number of hydrogen-bond acceptors (Lipinski definition) is 4. The van der Waals surface area contributed by atoms with E-state index >= 15 is 0 Å². The molecule has 1 aromatic heterocycles. The summed E-state index contributed by atoms with van der Waals surface area (Å²) in [5, 5.41) is 8.92. The molecule has 1 aliphatic rings. The van der Waals surface area contributed by atoms with Gasteiger partial charge in [0.15, 0.2) is 5.16 Å². The number of anilines is 1. The first-order valence-corrected chi connectivity index (χ1v) is 8.47. The molecule has 0 radical (unpaired) electrons. The Morgan fingerprint density at radius 2 is 2.04 bits per heavy atom. The van der Waals surface area contributed by atoms with Crippen molar-refractivity contribution in [2.45, 2.75) is 31.5 Å². The number of amides is 1. The summed E-state index contributed by atoms with van der Waals surface area (Å²) in [5.41, 5.74) is 2.95. The van der Waals surface area contributed by atoms with Gasteiger partial charge in [-0.05, 0) is 25.5 Å². The van der Waals surface area contributed by atoms with Crippen LogP contribution in [0.25, 0.3) is 5.57 Å². The summed E-state index contributed by atoms with van der Waals surface area (Å²) >= 11 is 1.65. The second kappa shape index (κ2) is 5.85. The van der Waals surface area contributed by atoms with E-state index in [1.165, 1.54) is 5.57 Å². The largest absolute Gasteiger partial charge is 0.312 e. The van der Waals surface area contributed by atoms with E-state index in [-0.39, 0.29) is 11.4 Å². The Kier molecular flexibility index (Phi) is 4.02. The van der Waals surface area contributed by atoms with Crippen LogP contribution in [0.15, 0.2) is 41.8 Å². The topological polar surface area (TPSA) is 51.0 Å². The van der Waals surface area contributed by atoms with Crippen LogP contribution in [0.5, 0.6) is 0 Å². The molecule has 120 valence electrons. The molecule has 0 N–H and O–H groups in total. The lowest BCUT2D eigenvalue weighted by atomic mass is 9.89. The fourth-order valence-electron chi connectivity index (χ4n) is 3.06. The van der Waals surface area contributed by atoms with Crippen molar-refractivity contribution in [2.24, 2.45) is 7.05 Å². The number of aryl methyl sites for hydroxylation is 1. The third kappa shape index (κ3) is 2.91. The Morgan fingerprint density at radius 3 is 2.70 bits per heavy atom. The molecule has 1 amide bonds. The molecule has 0 aliphatic carbocycles. The van der Waals surface area contributed by atoms with Crippen molar-refractivity contribution in [3.63, 3.8) is 0 Å². The summed E-state index contributed by atoms with van der Waals surface area (Å²) in [4.78, 5) is 14.0. The van der Waals surface area contributed by atoms with Gasteiger partial charge in [-0.2, -0.15) is 0 Å². The number of carbonyl (C=O) groups is 1. The van der Waals surface area contributed by atoms with Gasteiger partial charge in [-0.3, -0.25) is 4.79 Å². The first-order valence-electron chi connectivity index (χ1n) is 7.49. The van der Waals surface area contributed by atoms with Crippen molar-refractivity contribution >= 4 is 28.9 Å². The number of nitrogens with zero attached hydrogens (tertiary/aromatic N) is 4. The van der Waals surface area contributed by atoms with Gasteiger partial charge in [0.05, 0.1) is 11.2 Å². The maximum absolute atomic E-state index is 12.1. The Bertz CT molecular complexity index is 778. The van der Waals surface area contributed by atoms with E-state index in [2.05, 4.69) is 36.2 Å². The van der Waals surface area contributed by atoms with Crippen LogP contribution >= 0.6 is 11.8 Å². The zero-order valence-electron chi connectivity index (χ0n) is 13.8. The monoisotopic (exact) mass is 328 g/mol. The molecule has 2 heterocycles. The number of fused-ring (bicyclic) bond motifs is 1. The van der Waals surface area contributed by atoms with Gasteiger partial charge in [-0.1, -0.05) is 36.0 Å². The first kappa shape index (κ1) is 15.8. The Balaban J connectivity index is 1.97. The lowest BCUT2D eigenvalue weighted by Crippen LogP contribution is -2.48. The average Bonchev–Trinajstić information content (AvgIpc) is 2.88. The molecule has 1 aromatic carbocycles. The van der Waals surface area contributed by atoms with Crippen LogP contribution < -0.4 is 4.90 Å². The van der Waals surface area contributed by atoms with Crippen molar-refractivity contribution in [3.05, 3.63) is 42.2 Å². The fourth-order valence-corrected chi connectivity index (χ4v) is 3.94. The van der Waals surface area contributed by atoms with Gasteiger partial charge >= 0.3 is 0 Å². The van der Waals surface area contributed by atoms with E-state index in [0.29, 0.717) is 0 Å². The van der Waals surface area contributed by atoms with E-state index in [0.717, 1.165) is 22.2 Å². The summed E-state index contributed by atoms with van der Waals surface area (Å²) in [6.07, 6.45) is 3.88. The molecule has 3 rings (SSSR count). The lowest BCUT2D eigenvalue weighted by Gasteiger charge is -2.41. The van der Waals surface area contributed by atoms with E-state index < -0.39 is 0 Å². The van der Waals surface area contributed by atoms with Gasteiger partial charge in [0.25, 0.3) is 0 Å². The summed E-state index contributed by atoms with van der Waals surface area (Å²) in [6, 6.07) is 8.07. The second-order valence-corrected chi connectivity index (χ2v) is 7.15. The lowest BCUT2D eigenvalue weighted by molar-refractivity contribution is -0.117. The molecule has 2 aromatic rings. The SMILES string of the molecule is CC(=O)N1c2ccccc2C(CSc2nncn2C)=CC1(C)C. The number of carbonyl (C=O) groups excluding carboxylic acids is 1. The molecule has 0 saturated heterocycles.